The van der Waals surface area contributed by atoms with Crippen LogP contribution in [0.3, 0.4) is 0 Å². The molecule has 6 rings (SSSR count). The molecule has 0 bridgehead atoms. The van der Waals surface area contributed by atoms with Crippen LogP contribution in [0.5, 0.6) is 0 Å². The average Bonchev–Trinajstić information content (AvgIpc) is 3.35. The van der Waals surface area contributed by atoms with Crippen molar-refractivity contribution in [3.63, 3.8) is 0 Å². The summed E-state index contributed by atoms with van der Waals surface area (Å²) in [7, 11) is 0. The van der Waals surface area contributed by atoms with Crippen LogP contribution >= 0.6 is 0 Å². The SMILES string of the molecule is CC(C)(C)OC(=O)N1CCN(c2ccc(-c3cnc4c(C5=CCNc6ccccc65)cnn4c3)cn2)CC1. The zero-order valence-corrected chi connectivity index (χ0v) is 21.9. The summed E-state index contributed by atoms with van der Waals surface area (Å²) in [5, 5.41) is 8.03. The molecule has 5 heterocycles. The topological polar surface area (TPSA) is 87.9 Å². The first kappa shape index (κ1) is 24.0. The number of carbonyl (C=O) groups excluding carboxylic acids is 1. The minimum absolute atomic E-state index is 0.259. The Balaban J connectivity index is 1.16. The van der Waals surface area contributed by atoms with Crippen LogP contribution in [0.15, 0.2) is 67.3 Å². The van der Waals surface area contributed by atoms with E-state index in [2.05, 4.69) is 45.7 Å². The molecular formula is C29H31N7O2. The molecule has 0 atom stereocenters. The monoisotopic (exact) mass is 509 g/mol. The molecule has 9 nitrogen and oxygen atoms in total. The Morgan fingerprint density at radius 3 is 2.47 bits per heavy atom. The van der Waals surface area contributed by atoms with Crippen molar-refractivity contribution in [3.05, 3.63) is 78.4 Å². The molecule has 1 amide bonds. The number of piperazine rings is 1. The van der Waals surface area contributed by atoms with E-state index >= 15 is 0 Å². The molecular weight excluding hydrogens is 478 g/mol. The average molecular weight is 510 g/mol. The molecule has 0 saturated carbocycles. The highest BCUT2D eigenvalue weighted by Crippen LogP contribution is 2.34. The molecule has 38 heavy (non-hydrogen) atoms. The smallest absolute Gasteiger partial charge is 0.410 e. The zero-order chi connectivity index (χ0) is 26.3. The lowest BCUT2D eigenvalue weighted by Gasteiger charge is -2.36. The number of rotatable bonds is 3. The van der Waals surface area contributed by atoms with Crippen LogP contribution in [0, 0.1) is 0 Å². The number of benzene rings is 1. The van der Waals surface area contributed by atoms with Crippen molar-refractivity contribution in [2.75, 3.05) is 42.9 Å². The number of aromatic nitrogens is 4. The van der Waals surface area contributed by atoms with Crippen molar-refractivity contribution in [3.8, 4) is 11.1 Å². The standard InChI is InChI=1S/C29H31N7O2/c1-29(2,3)38-28(37)35-14-12-34(13-15-35)26-9-8-20(16-31-26)21-17-32-27-24(18-33-36(27)19-21)22-10-11-30-25-7-5-4-6-23(22)25/h4-10,16-19,30H,11-15H2,1-3H3. The molecule has 1 fully saturated rings. The predicted molar refractivity (Wildman–Crippen MR) is 148 cm³/mol. The van der Waals surface area contributed by atoms with Crippen molar-refractivity contribution in [1.29, 1.82) is 0 Å². The number of ether oxygens (including phenoxy) is 1. The quantitative estimate of drug-likeness (QED) is 0.428. The molecule has 0 aliphatic carbocycles. The lowest BCUT2D eigenvalue weighted by atomic mass is 9.95. The van der Waals surface area contributed by atoms with Crippen LogP contribution < -0.4 is 10.2 Å². The molecule has 0 spiro atoms. The molecule has 2 aliphatic heterocycles. The number of nitrogens with zero attached hydrogens (tertiary/aromatic N) is 6. The molecule has 3 aromatic heterocycles. The van der Waals surface area contributed by atoms with E-state index in [0.717, 1.165) is 51.5 Å². The molecule has 0 unspecified atom stereocenters. The van der Waals surface area contributed by atoms with E-state index in [9.17, 15) is 4.79 Å². The molecule has 2 aliphatic rings. The summed E-state index contributed by atoms with van der Waals surface area (Å²) in [6, 6.07) is 12.4. The van der Waals surface area contributed by atoms with E-state index in [1.807, 2.05) is 62.2 Å². The minimum atomic E-state index is -0.489. The number of carbonyl (C=O) groups is 1. The number of amides is 1. The van der Waals surface area contributed by atoms with Gasteiger partial charge in [-0.2, -0.15) is 5.10 Å². The Labute approximate surface area is 221 Å². The summed E-state index contributed by atoms with van der Waals surface area (Å²) in [5.41, 5.74) is 6.70. The summed E-state index contributed by atoms with van der Waals surface area (Å²) in [6.07, 6.45) is 9.56. The van der Waals surface area contributed by atoms with Crippen molar-refractivity contribution < 1.29 is 9.53 Å². The second kappa shape index (κ2) is 9.48. The molecule has 1 aromatic carbocycles. The van der Waals surface area contributed by atoms with Crippen LogP contribution in [0.2, 0.25) is 0 Å². The van der Waals surface area contributed by atoms with Gasteiger partial charge >= 0.3 is 6.09 Å². The molecule has 1 saturated heterocycles. The summed E-state index contributed by atoms with van der Waals surface area (Å²) >= 11 is 0. The lowest BCUT2D eigenvalue weighted by Crippen LogP contribution is -2.50. The highest BCUT2D eigenvalue weighted by Gasteiger charge is 2.26. The first-order valence-electron chi connectivity index (χ1n) is 12.9. The fourth-order valence-corrected chi connectivity index (χ4v) is 4.90. The van der Waals surface area contributed by atoms with Gasteiger partial charge in [0.1, 0.15) is 11.4 Å². The van der Waals surface area contributed by atoms with E-state index in [-0.39, 0.29) is 6.09 Å². The third-order valence-corrected chi connectivity index (χ3v) is 6.80. The normalized spacial score (nSPS) is 15.6. The van der Waals surface area contributed by atoms with E-state index in [1.165, 1.54) is 0 Å². The van der Waals surface area contributed by atoms with Crippen molar-refractivity contribution in [1.82, 2.24) is 24.5 Å². The van der Waals surface area contributed by atoms with Gasteiger partial charge in [-0.1, -0.05) is 24.3 Å². The number of anilines is 2. The highest BCUT2D eigenvalue weighted by molar-refractivity contribution is 5.92. The van der Waals surface area contributed by atoms with Gasteiger partial charge in [0.05, 0.1) is 6.20 Å². The summed E-state index contributed by atoms with van der Waals surface area (Å²) < 4.78 is 7.33. The van der Waals surface area contributed by atoms with E-state index in [4.69, 9.17) is 14.7 Å². The highest BCUT2D eigenvalue weighted by atomic mass is 16.6. The first-order valence-corrected chi connectivity index (χ1v) is 12.9. The van der Waals surface area contributed by atoms with Gasteiger partial charge in [-0.3, -0.25) is 0 Å². The maximum absolute atomic E-state index is 12.3. The van der Waals surface area contributed by atoms with E-state index < -0.39 is 5.60 Å². The largest absolute Gasteiger partial charge is 0.444 e. The Morgan fingerprint density at radius 2 is 1.71 bits per heavy atom. The Hall–Kier alpha value is -4.40. The van der Waals surface area contributed by atoms with Crippen molar-refractivity contribution in [2.24, 2.45) is 0 Å². The second-order valence-corrected chi connectivity index (χ2v) is 10.6. The van der Waals surface area contributed by atoms with Crippen molar-refractivity contribution >= 4 is 28.8 Å². The maximum Gasteiger partial charge on any atom is 0.410 e. The fourth-order valence-electron chi connectivity index (χ4n) is 4.90. The Morgan fingerprint density at radius 1 is 0.921 bits per heavy atom. The van der Waals surface area contributed by atoms with Gasteiger partial charge in [-0.15, -0.1) is 0 Å². The third-order valence-electron chi connectivity index (χ3n) is 6.80. The Kier molecular flexibility index (Phi) is 5.98. The van der Waals surface area contributed by atoms with Crippen molar-refractivity contribution in [2.45, 2.75) is 26.4 Å². The predicted octanol–water partition coefficient (Wildman–Crippen LogP) is 4.71. The van der Waals surface area contributed by atoms with E-state index in [1.54, 1.807) is 4.90 Å². The van der Waals surface area contributed by atoms with Crippen LogP contribution in [-0.2, 0) is 4.74 Å². The van der Waals surface area contributed by atoms with Gasteiger partial charge in [0.25, 0.3) is 0 Å². The molecule has 0 radical (unpaired) electrons. The Bertz CT molecular complexity index is 1510. The second-order valence-electron chi connectivity index (χ2n) is 10.6. The molecule has 9 heteroatoms. The molecule has 194 valence electrons. The van der Waals surface area contributed by atoms with Gasteiger partial charge < -0.3 is 19.9 Å². The number of para-hydroxylation sites is 1. The fraction of sp³-hybridized carbons (Fsp3) is 0.310. The number of hydrogen-bond donors (Lipinski definition) is 1. The minimum Gasteiger partial charge on any atom is -0.444 e. The van der Waals surface area contributed by atoms with Gasteiger partial charge in [-0.25, -0.2) is 19.3 Å². The third kappa shape index (κ3) is 4.67. The zero-order valence-electron chi connectivity index (χ0n) is 21.9. The van der Waals surface area contributed by atoms with Gasteiger partial charge in [0.2, 0.25) is 0 Å². The van der Waals surface area contributed by atoms with Crippen LogP contribution in [0.1, 0.15) is 31.9 Å². The lowest BCUT2D eigenvalue weighted by molar-refractivity contribution is 0.0240. The number of hydrogen-bond acceptors (Lipinski definition) is 7. The number of nitrogens with one attached hydrogen (secondary N) is 1. The number of pyridine rings is 1. The molecule has 1 N–H and O–H groups in total. The summed E-state index contributed by atoms with van der Waals surface area (Å²) in [4.78, 5) is 25.8. The first-order chi connectivity index (χ1) is 18.4. The molecule has 4 aromatic rings. The van der Waals surface area contributed by atoms with Crippen LogP contribution in [0.4, 0.5) is 16.3 Å². The maximum atomic E-state index is 12.3. The van der Waals surface area contributed by atoms with E-state index in [0.29, 0.717) is 26.2 Å². The van der Waals surface area contributed by atoms with Gasteiger partial charge in [-0.05, 0) is 44.5 Å². The van der Waals surface area contributed by atoms with Gasteiger partial charge in [0, 0.05) is 79.3 Å². The summed E-state index contributed by atoms with van der Waals surface area (Å²) in [5.74, 6) is 0.893. The van der Waals surface area contributed by atoms with Crippen LogP contribution in [0.25, 0.3) is 22.3 Å². The van der Waals surface area contributed by atoms with Crippen LogP contribution in [-0.4, -0.2) is 68.9 Å². The summed E-state index contributed by atoms with van der Waals surface area (Å²) in [6.45, 7) is 9.07. The number of fused-ring (bicyclic) bond motifs is 2. The van der Waals surface area contributed by atoms with Gasteiger partial charge in [0.15, 0.2) is 5.65 Å².